The molecule has 0 fully saturated rings. The number of rotatable bonds is 1. The molecule has 0 aliphatic carbocycles. The molecule has 1 aliphatic rings. The molecule has 0 atom stereocenters. The number of nitrogens with one attached hydrogen (secondary N) is 1. The molecule has 0 radical (unpaired) electrons. The maximum Gasteiger partial charge on any atom is 0.127 e. The molecule has 1 aliphatic heterocycles. The van der Waals surface area contributed by atoms with Gasteiger partial charge in [-0.2, -0.15) is 0 Å². The lowest BCUT2D eigenvalue weighted by Gasteiger charge is -2.14. The van der Waals surface area contributed by atoms with E-state index in [0.29, 0.717) is 19.8 Å². The Balaban J connectivity index is 2.03. The zero-order valence-corrected chi connectivity index (χ0v) is 7.73. The summed E-state index contributed by atoms with van der Waals surface area (Å²) in [5, 5.41) is 12.2. The Bertz CT molecular complexity index is 332. The van der Waals surface area contributed by atoms with Gasteiger partial charge in [0.1, 0.15) is 18.2 Å². The van der Waals surface area contributed by atoms with Crippen LogP contribution in [0.25, 0.3) is 0 Å². The summed E-state index contributed by atoms with van der Waals surface area (Å²) in [5.74, 6) is 1.10. The molecule has 0 saturated carbocycles. The summed E-state index contributed by atoms with van der Waals surface area (Å²) in [6.07, 6.45) is 0. The number of phenols is 1. The van der Waals surface area contributed by atoms with E-state index < -0.39 is 0 Å². The number of aromatic hydroxyl groups is 1. The van der Waals surface area contributed by atoms with Crippen LogP contribution in [0.2, 0.25) is 0 Å². The fourth-order valence-electron chi connectivity index (χ4n) is 1.25. The van der Waals surface area contributed by atoms with Crippen LogP contribution in [0.4, 0.5) is 5.69 Å². The highest BCUT2D eigenvalue weighted by molar-refractivity contribution is 5.96. The third-order valence-electron chi connectivity index (χ3n) is 1.93. The molecule has 4 heteroatoms. The molecule has 4 nitrogen and oxygen atoms in total. The van der Waals surface area contributed by atoms with E-state index in [1.54, 1.807) is 24.3 Å². The highest BCUT2D eigenvalue weighted by Crippen LogP contribution is 2.13. The summed E-state index contributed by atoms with van der Waals surface area (Å²) in [6.45, 7) is 1.93. The van der Waals surface area contributed by atoms with Gasteiger partial charge in [-0.15, -0.1) is 0 Å². The first kappa shape index (κ1) is 9.02. The molecular formula is C10H12N2O2. The third kappa shape index (κ3) is 2.23. The Morgan fingerprint density at radius 3 is 2.71 bits per heavy atom. The highest BCUT2D eigenvalue weighted by Gasteiger charge is 2.04. The van der Waals surface area contributed by atoms with Crippen LogP contribution in [-0.4, -0.2) is 30.7 Å². The predicted molar refractivity (Wildman–Crippen MR) is 54.9 cm³/mol. The SMILES string of the molecule is Oc1ccc(NC2=NCCOC2)cc1. The summed E-state index contributed by atoms with van der Waals surface area (Å²) >= 11 is 0. The quantitative estimate of drug-likeness (QED) is 0.658. The van der Waals surface area contributed by atoms with Gasteiger partial charge in [-0.05, 0) is 24.3 Å². The van der Waals surface area contributed by atoms with Gasteiger partial charge in [-0.1, -0.05) is 0 Å². The Hall–Kier alpha value is -1.55. The normalized spacial score (nSPS) is 16.1. The van der Waals surface area contributed by atoms with Crippen molar-refractivity contribution in [1.82, 2.24) is 0 Å². The summed E-state index contributed by atoms with van der Waals surface area (Å²) in [5.41, 5.74) is 0.909. The maximum absolute atomic E-state index is 9.08. The van der Waals surface area contributed by atoms with Gasteiger partial charge in [0, 0.05) is 5.69 Å². The molecule has 2 N–H and O–H groups in total. The Morgan fingerprint density at radius 2 is 2.07 bits per heavy atom. The largest absolute Gasteiger partial charge is 0.508 e. The minimum atomic E-state index is 0.261. The lowest BCUT2D eigenvalue weighted by atomic mass is 10.3. The molecule has 1 heterocycles. The van der Waals surface area contributed by atoms with Gasteiger partial charge in [0.25, 0.3) is 0 Å². The molecule has 14 heavy (non-hydrogen) atoms. The molecule has 74 valence electrons. The molecule has 0 bridgehead atoms. The topological polar surface area (TPSA) is 53.8 Å². The van der Waals surface area contributed by atoms with Gasteiger partial charge in [0.2, 0.25) is 0 Å². The summed E-state index contributed by atoms with van der Waals surface area (Å²) in [6, 6.07) is 6.86. The molecular weight excluding hydrogens is 180 g/mol. The molecule has 2 rings (SSSR count). The van der Waals surface area contributed by atoms with Crippen molar-refractivity contribution in [2.45, 2.75) is 0 Å². The average molecular weight is 192 g/mol. The zero-order chi connectivity index (χ0) is 9.80. The minimum Gasteiger partial charge on any atom is -0.508 e. The highest BCUT2D eigenvalue weighted by atomic mass is 16.5. The van der Waals surface area contributed by atoms with E-state index >= 15 is 0 Å². The van der Waals surface area contributed by atoms with E-state index in [1.807, 2.05) is 0 Å². The summed E-state index contributed by atoms with van der Waals surface area (Å²) in [7, 11) is 0. The van der Waals surface area contributed by atoms with Crippen LogP contribution in [0.3, 0.4) is 0 Å². The molecule has 0 saturated heterocycles. The summed E-state index contributed by atoms with van der Waals surface area (Å²) in [4.78, 5) is 4.27. The number of hydrogen-bond acceptors (Lipinski definition) is 4. The smallest absolute Gasteiger partial charge is 0.127 e. The van der Waals surface area contributed by atoms with E-state index in [4.69, 9.17) is 9.84 Å². The van der Waals surface area contributed by atoms with Gasteiger partial charge in [-0.3, -0.25) is 4.99 Å². The van der Waals surface area contributed by atoms with Crippen LogP contribution >= 0.6 is 0 Å². The minimum absolute atomic E-state index is 0.261. The van der Waals surface area contributed by atoms with Crippen LogP contribution in [-0.2, 0) is 4.74 Å². The van der Waals surface area contributed by atoms with E-state index in [0.717, 1.165) is 11.5 Å². The molecule has 0 spiro atoms. The number of ether oxygens (including phenoxy) is 1. The van der Waals surface area contributed by atoms with E-state index in [9.17, 15) is 0 Å². The van der Waals surface area contributed by atoms with Gasteiger partial charge in [0.15, 0.2) is 0 Å². The van der Waals surface area contributed by atoms with Crippen molar-refractivity contribution in [3.8, 4) is 5.75 Å². The number of hydrogen-bond donors (Lipinski definition) is 2. The lowest BCUT2D eigenvalue weighted by molar-refractivity contribution is 0.171. The van der Waals surface area contributed by atoms with Crippen molar-refractivity contribution >= 4 is 11.5 Å². The molecule has 1 aromatic rings. The monoisotopic (exact) mass is 192 g/mol. The zero-order valence-electron chi connectivity index (χ0n) is 7.73. The Kier molecular flexibility index (Phi) is 2.65. The van der Waals surface area contributed by atoms with Crippen molar-refractivity contribution in [1.29, 1.82) is 0 Å². The van der Waals surface area contributed by atoms with Gasteiger partial charge >= 0.3 is 0 Å². The molecule has 0 unspecified atom stereocenters. The van der Waals surface area contributed by atoms with Crippen molar-refractivity contribution < 1.29 is 9.84 Å². The number of nitrogens with zero attached hydrogens (tertiary/aromatic N) is 1. The van der Waals surface area contributed by atoms with E-state index in [1.165, 1.54) is 0 Å². The Labute approximate surface area is 82.2 Å². The second kappa shape index (κ2) is 4.11. The van der Waals surface area contributed by atoms with Gasteiger partial charge in [-0.25, -0.2) is 0 Å². The average Bonchev–Trinajstić information content (AvgIpc) is 2.23. The van der Waals surface area contributed by atoms with Gasteiger partial charge < -0.3 is 15.2 Å². The van der Waals surface area contributed by atoms with E-state index in [2.05, 4.69) is 10.3 Å². The van der Waals surface area contributed by atoms with Crippen LogP contribution in [0, 0.1) is 0 Å². The maximum atomic E-state index is 9.08. The summed E-state index contributed by atoms with van der Waals surface area (Å²) < 4.78 is 5.24. The first-order chi connectivity index (χ1) is 6.84. The number of phenolic OH excluding ortho intramolecular Hbond substituents is 1. The number of amidine groups is 1. The van der Waals surface area contributed by atoms with Crippen molar-refractivity contribution in [2.75, 3.05) is 25.1 Å². The van der Waals surface area contributed by atoms with Crippen molar-refractivity contribution in [3.05, 3.63) is 24.3 Å². The predicted octanol–water partition coefficient (Wildman–Crippen LogP) is 1.23. The van der Waals surface area contributed by atoms with Gasteiger partial charge in [0.05, 0.1) is 13.2 Å². The first-order valence-electron chi connectivity index (χ1n) is 4.52. The van der Waals surface area contributed by atoms with Crippen LogP contribution in [0.15, 0.2) is 29.3 Å². The number of benzene rings is 1. The van der Waals surface area contributed by atoms with Crippen molar-refractivity contribution in [2.24, 2.45) is 4.99 Å². The fraction of sp³-hybridized carbons (Fsp3) is 0.300. The number of anilines is 1. The molecule has 1 aromatic carbocycles. The number of aliphatic imine (C=N–C) groups is 1. The third-order valence-corrected chi connectivity index (χ3v) is 1.93. The lowest BCUT2D eigenvalue weighted by Crippen LogP contribution is -2.24. The van der Waals surface area contributed by atoms with Crippen LogP contribution in [0.1, 0.15) is 0 Å². The van der Waals surface area contributed by atoms with Crippen LogP contribution in [0.5, 0.6) is 5.75 Å². The van der Waals surface area contributed by atoms with Crippen LogP contribution < -0.4 is 5.32 Å². The standard InChI is InChI=1S/C10H12N2O2/c13-9-3-1-8(2-4-9)12-10-7-14-6-5-11-10/h1-4,13H,5-7H2,(H,11,12). The molecule has 0 amide bonds. The first-order valence-corrected chi connectivity index (χ1v) is 4.52. The second-order valence-electron chi connectivity index (χ2n) is 3.05. The van der Waals surface area contributed by atoms with E-state index in [-0.39, 0.29) is 5.75 Å². The fourth-order valence-corrected chi connectivity index (χ4v) is 1.25. The molecule has 0 aromatic heterocycles. The Morgan fingerprint density at radius 1 is 1.29 bits per heavy atom. The second-order valence-corrected chi connectivity index (χ2v) is 3.05. The van der Waals surface area contributed by atoms with Crippen molar-refractivity contribution in [3.63, 3.8) is 0 Å².